The van der Waals surface area contributed by atoms with E-state index < -0.39 is 0 Å². The fraction of sp³-hybridized carbons (Fsp3) is 0.533. The molecule has 0 spiro atoms. The second kappa shape index (κ2) is 8.82. The zero-order valence-electron chi connectivity index (χ0n) is 11.9. The minimum absolute atomic E-state index is 0. The molecule has 0 bridgehead atoms. The monoisotopic (exact) mass is 298 g/mol. The third kappa shape index (κ3) is 5.39. The molecule has 2 N–H and O–H groups in total. The second-order valence-electron chi connectivity index (χ2n) is 4.98. The predicted octanol–water partition coefficient (Wildman–Crippen LogP) is 1.91. The molecule has 0 atom stereocenters. The molecule has 4 nitrogen and oxygen atoms in total. The quantitative estimate of drug-likeness (QED) is 0.817. The lowest BCUT2D eigenvalue weighted by atomic mass is 9.97. The molecule has 1 aromatic carbocycles. The predicted molar refractivity (Wildman–Crippen MR) is 82.5 cm³/mol. The summed E-state index contributed by atoms with van der Waals surface area (Å²) in [5.74, 6) is 1.18. The molecule has 0 saturated carbocycles. The zero-order valence-corrected chi connectivity index (χ0v) is 12.7. The second-order valence-corrected chi connectivity index (χ2v) is 4.98. The summed E-state index contributed by atoms with van der Waals surface area (Å²) >= 11 is 0. The Bertz CT molecular complexity index is 403. The Labute approximate surface area is 126 Å². The first-order valence-corrected chi connectivity index (χ1v) is 6.93. The van der Waals surface area contributed by atoms with E-state index in [2.05, 4.69) is 10.6 Å². The largest absolute Gasteiger partial charge is 0.492 e. The van der Waals surface area contributed by atoms with E-state index >= 15 is 0 Å². The van der Waals surface area contributed by atoms with Gasteiger partial charge in [0.2, 0.25) is 5.91 Å². The van der Waals surface area contributed by atoms with E-state index in [1.165, 1.54) is 5.56 Å². The van der Waals surface area contributed by atoms with Crippen LogP contribution >= 0.6 is 12.4 Å². The molecule has 1 aliphatic heterocycles. The zero-order chi connectivity index (χ0) is 13.5. The van der Waals surface area contributed by atoms with Crippen LogP contribution in [-0.4, -0.2) is 32.1 Å². The average Bonchev–Trinajstić information content (AvgIpc) is 2.46. The Balaban J connectivity index is 0.00000200. The number of carbonyl (C=O) groups is 1. The van der Waals surface area contributed by atoms with E-state index in [9.17, 15) is 4.79 Å². The minimum Gasteiger partial charge on any atom is -0.492 e. The van der Waals surface area contributed by atoms with E-state index in [1.54, 1.807) is 0 Å². The molecule has 1 amide bonds. The molecule has 0 aliphatic carbocycles. The summed E-state index contributed by atoms with van der Waals surface area (Å²) in [5.41, 5.74) is 1.21. The van der Waals surface area contributed by atoms with E-state index in [1.807, 2.05) is 31.2 Å². The van der Waals surface area contributed by atoms with Gasteiger partial charge in [-0.25, -0.2) is 0 Å². The van der Waals surface area contributed by atoms with Crippen LogP contribution in [0, 0.1) is 12.8 Å². The van der Waals surface area contributed by atoms with Crippen molar-refractivity contribution in [1.29, 1.82) is 0 Å². The highest BCUT2D eigenvalue weighted by Crippen LogP contribution is 2.12. The van der Waals surface area contributed by atoms with E-state index in [4.69, 9.17) is 4.74 Å². The first kappa shape index (κ1) is 16.8. The van der Waals surface area contributed by atoms with Crippen molar-refractivity contribution in [2.24, 2.45) is 5.92 Å². The Kier molecular flexibility index (Phi) is 7.41. The van der Waals surface area contributed by atoms with Gasteiger partial charge >= 0.3 is 0 Å². The number of hydrogen-bond donors (Lipinski definition) is 2. The highest BCUT2D eigenvalue weighted by Gasteiger charge is 2.20. The number of halogens is 1. The molecule has 5 heteroatoms. The number of nitrogens with one attached hydrogen (secondary N) is 2. The molecule has 2 rings (SSSR count). The van der Waals surface area contributed by atoms with Crippen molar-refractivity contribution < 1.29 is 9.53 Å². The topological polar surface area (TPSA) is 50.4 Å². The van der Waals surface area contributed by atoms with Gasteiger partial charge in [0.1, 0.15) is 12.4 Å². The Morgan fingerprint density at radius 2 is 1.95 bits per heavy atom. The molecular formula is C15H23ClN2O2. The van der Waals surface area contributed by atoms with Crippen molar-refractivity contribution in [3.63, 3.8) is 0 Å². The molecule has 1 saturated heterocycles. The Morgan fingerprint density at radius 1 is 1.30 bits per heavy atom. The van der Waals surface area contributed by atoms with Crippen molar-refractivity contribution in [1.82, 2.24) is 10.6 Å². The molecule has 0 radical (unpaired) electrons. The van der Waals surface area contributed by atoms with Crippen LogP contribution in [0.1, 0.15) is 18.4 Å². The van der Waals surface area contributed by atoms with Crippen LogP contribution in [0.2, 0.25) is 0 Å². The van der Waals surface area contributed by atoms with Gasteiger partial charge in [0, 0.05) is 5.92 Å². The maximum absolute atomic E-state index is 11.9. The van der Waals surface area contributed by atoms with Crippen LogP contribution in [0.3, 0.4) is 0 Å². The van der Waals surface area contributed by atoms with Crippen LogP contribution in [0.25, 0.3) is 0 Å². The van der Waals surface area contributed by atoms with Crippen molar-refractivity contribution in [2.75, 3.05) is 26.2 Å². The molecular weight excluding hydrogens is 276 g/mol. The molecule has 1 fully saturated rings. The summed E-state index contributed by atoms with van der Waals surface area (Å²) in [7, 11) is 0. The van der Waals surface area contributed by atoms with Crippen LogP contribution in [0.15, 0.2) is 24.3 Å². The highest BCUT2D eigenvalue weighted by atomic mass is 35.5. The summed E-state index contributed by atoms with van der Waals surface area (Å²) < 4.78 is 5.57. The number of hydrogen-bond acceptors (Lipinski definition) is 3. The third-order valence-corrected chi connectivity index (χ3v) is 3.40. The maximum atomic E-state index is 11.9. The lowest BCUT2D eigenvalue weighted by Gasteiger charge is -2.21. The standard InChI is InChI=1S/C15H22N2O2.ClH/c1-12-2-4-14(5-3-12)19-11-10-17-15(18)13-6-8-16-9-7-13;/h2-5,13,16H,6-11H2,1H3,(H,17,18);1H. The fourth-order valence-electron chi connectivity index (χ4n) is 2.21. The average molecular weight is 299 g/mol. The van der Waals surface area contributed by atoms with Gasteiger partial charge in [-0.3, -0.25) is 4.79 Å². The van der Waals surface area contributed by atoms with Crippen molar-refractivity contribution >= 4 is 18.3 Å². The summed E-state index contributed by atoms with van der Waals surface area (Å²) in [6.45, 7) is 5.01. The first-order chi connectivity index (χ1) is 9.25. The van der Waals surface area contributed by atoms with Gasteiger partial charge in [-0.1, -0.05) is 17.7 Å². The fourth-order valence-corrected chi connectivity index (χ4v) is 2.21. The van der Waals surface area contributed by atoms with Crippen molar-refractivity contribution in [3.05, 3.63) is 29.8 Å². The van der Waals surface area contributed by atoms with Gasteiger partial charge in [-0.05, 0) is 45.0 Å². The molecule has 0 aromatic heterocycles. The number of ether oxygens (including phenoxy) is 1. The van der Waals surface area contributed by atoms with Crippen LogP contribution in [0.5, 0.6) is 5.75 Å². The van der Waals surface area contributed by atoms with E-state index in [0.717, 1.165) is 31.7 Å². The lowest BCUT2D eigenvalue weighted by molar-refractivity contribution is -0.125. The molecule has 1 aliphatic rings. The van der Waals surface area contributed by atoms with Crippen molar-refractivity contribution in [3.8, 4) is 5.75 Å². The van der Waals surface area contributed by atoms with Gasteiger partial charge in [0.25, 0.3) is 0 Å². The molecule has 1 heterocycles. The summed E-state index contributed by atoms with van der Waals surface area (Å²) in [5, 5.41) is 6.20. The number of carbonyl (C=O) groups excluding carboxylic acids is 1. The summed E-state index contributed by atoms with van der Waals surface area (Å²) in [4.78, 5) is 11.9. The highest BCUT2D eigenvalue weighted by molar-refractivity contribution is 5.85. The Morgan fingerprint density at radius 3 is 2.60 bits per heavy atom. The van der Waals surface area contributed by atoms with Crippen LogP contribution in [0.4, 0.5) is 0 Å². The van der Waals surface area contributed by atoms with E-state index in [-0.39, 0.29) is 24.2 Å². The molecule has 20 heavy (non-hydrogen) atoms. The van der Waals surface area contributed by atoms with Crippen LogP contribution < -0.4 is 15.4 Å². The normalized spacial score (nSPS) is 15.2. The number of rotatable bonds is 5. The number of amides is 1. The van der Waals surface area contributed by atoms with Gasteiger partial charge in [0.05, 0.1) is 6.54 Å². The maximum Gasteiger partial charge on any atom is 0.223 e. The van der Waals surface area contributed by atoms with Gasteiger partial charge in [0.15, 0.2) is 0 Å². The van der Waals surface area contributed by atoms with E-state index in [0.29, 0.717) is 13.2 Å². The molecule has 0 unspecified atom stereocenters. The Hall–Kier alpha value is -1.26. The molecule has 112 valence electrons. The first-order valence-electron chi connectivity index (χ1n) is 6.93. The van der Waals surface area contributed by atoms with Gasteiger partial charge in [-0.2, -0.15) is 0 Å². The summed E-state index contributed by atoms with van der Waals surface area (Å²) in [6, 6.07) is 7.93. The molecule has 1 aromatic rings. The smallest absolute Gasteiger partial charge is 0.223 e. The lowest BCUT2D eigenvalue weighted by Crippen LogP contribution is -2.39. The summed E-state index contributed by atoms with van der Waals surface area (Å²) in [6.07, 6.45) is 1.87. The minimum atomic E-state index is 0. The van der Waals surface area contributed by atoms with Crippen molar-refractivity contribution in [2.45, 2.75) is 19.8 Å². The third-order valence-electron chi connectivity index (χ3n) is 3.40. The number of benzene rings is 1. The van der Waals surface area contributed by atoms with Gasteiger partial charge in [-0.15, -0.1) is 12.4 Å². The SMILES string of the molecule is Cc1ccc(OCCNC(=O)C2CCNCC2)cc1.Cl. The number of aryl methyl sites for hydroxylation is 1. The number of piperidine rings is 1. The van der Waals surface area contributed by atoms with Gasteiger partial charge < -0.3 is 15.4 Å². The van der Waals surface area contributed by atoms with Crippen LogP contribution in [-0.2, 0) is 4.79 Å².